The van der Waals surface area contributed by atoms with Crippen molar-refractivity contribution in [3.05, 3.63) is 30.1 Å². The molecule has 1 saturated heterocycles. The molecule has 0 spiro atoms. The van der Waals surface area contributed by atoms with Crippen molar-refractivity contribution in [2.75, 3.05) is 13.7 Å². The van der Waals surface area contributed by atoms with Gasteiger partial charge in [-0.3, -0.25) is 9.69 Å². The average molecular weight is 303 g/mol. The van der Waals surface area contributed by atoms with Gasteiger partial charge in [0.2, 0.25) is 0 Å². The van der Waals surface area contributed by atoms with Crippen LogP contribution in [0.3, 0.4) is 0 Å². The summed E-state index contributed by atoms with van der Waals surface area (Å²) in [6.45, 7) is 1.12. The van der Waals surface area contributed by atoms with Gasteiger partial charge in [-0.1, -0.05) is 5.16 Å². The molecular weight excluding hydrogens is 286 g/mol. The number of aromatic nitrogens is 2. The van der Waals surface area contributed by atoms with Crippen LogP contribution >= 0.6 is 0 Å². The molecule has 1 N–H and O–H groups in total. The summed E-state index contributed by atoms with van der Waals surface area (Å²) in [4.78, 5) is 17.4. The van der Waals surface area contributed by atoms with Gasteiger partial charge < -0.3 is 14.4 Å². The van der Waals surface area contributed by atoms with E-state index in [2.05, 4.69) is 10.1 Å². The predicted octanol–water partition coefficient (Wildman–Crippen LogP) is 1.79. The number of ether oxygens (including phenoxy) is 1. The second kappa shape index (κ2) is 6.15. The van der Waals surface area contributed by atoms with E-state index < -0.39 is 12.0 Å². The number of aliphatic carboxylic acids is 1. The first-order chi connectivity index (χ1) is 10.7. The van der Waals surface area contributed by atoms with Gasteiger partial charge >= 0.3 is 5.97 Å². The molecule has 0 bridgehead atoms. The molecule has 1 aromatic carbocycles. The molecule has 7 heteroatoms. The summed E-state index contributed by atoms with van der Waals surface area (Å²) in [5, 5.41) is 13.1. The number of carbonyl (C=O) groups is 1. The Labute approximate surface area is 127 Å². The van der Waals surface area contributed by atoms with Crippen LogP contribution in [0.5, 0.6) is 5.75 Å². The van der Waals surface area contributed by atoms with Gasteiger partial charge in [0.25, 0.3) is 5.89 Å². The number of rotatable bonds is 5. The maximum atomic E-state index is 11.2. The van der Waals surface area contributed by atoms with E-state index in [0.717, 1.165) is 24.3 Å². The van der Waals surface area contributed by atoms with Gasteiger partial charge in [-0.25, -0.2) is 0 Å². The van der Waals surface area contributed by atoms with E-state index in [4.69, 9.17) is 9.26 Å². The number of likely N-dealkylation sites (tertiary alicyclic amines) is 1. The lowest BCUT2D eigenvalue weighted by molar-refractivity contribution is -0.142. The first-order valence-electron chi connectivity index (χ1n) is 7.11. The van der Waals surface area contributed by atoms with Crippen LogP contribution in [-0.2, 0) is 11.3 Å². The zero-order valence-electron chi connectivity index (χ0n) is 12.2. The highest BCUT2D eigenvalue weighted by Crippen LogP contribution is 2.23. The van der Waals surface area contributed by atoms with Crippen LogP contribution in [0.25, 0.3) is 11.5 Å². The maximum absolute atomic E-state index is 11.2. The average Bonchev–Trinajstić information content (AvgIpc) is 3.17. The fourth-order valence-corrected chi connectivity index (χ4v) is 2.65. The Morgan fingerprint density at radius 2 is 2.23 bits per heavy atom. The minimum absolute atomic E-state index is 0.386. The topological polar surface area (TPSA) is 88.7 Å². The lowest BCUT2D eigenvalue weighted by Gasteiger charge is -2.18. The fraction of sp³-hybridized carbons (Fsp3) is 0.400. The van der Waals surface area contributed by atoms with Crippen molar-refractivity contribution in [3.63, 3.8) is 0 Å². The molecule has 0 radical (unpaired) electrons. The molecule has 3 rings (SSSR count). The standard InChI is InChI=1S/C15H17N3O4/c1-21-11-6-4-10(5-7-11)14-16-13(17-22-14)9-18-8-2-3-12(18)15(19)20/h4-7,12H,2-3,8-9H2,1H3,(H,19,20)/t12-/m1/s1. The Balaban J connectivity index is 1.72. The van der Waals surface area contributed by atoms with Crippen LogP contribution in [0.4, 0.5) is 0 Å². The molecule has 0 amide bonds. The summed E-state index contributed by atoms with van der Waals surface area (Å²) in [6, 6.07) is 6.86. The van der Waals surface area contributed by atoms with E-state index in [1.165, 1.54) is 0 Å². The summed E-state index contributed by atoms with van der Waals surface area (Å²) in [6.07, 6.45) is 1.54. The fourth-order valence-electron chi connectivity index (χ4n) is 2.65. The van der Waals surface area contributed by atoms with Crippen LogP contribution in [0, 0.1) is 0 Å². The van der Waals surface area contributed by atoms with E-state index in [1.807, 2.05) is 29.2 Å². The minimum Gasteiger partial charge on any atom is -0.497 e. The molecule has 0 aliphatic carbocycles. The zero-order chi connectivity index (χ0) is 15.5. The summed E-state index contributed by atoms with van der Waals surface area (Å²) in [5.74, 6) is 0.879. The second-order valence-corrected chi connectivity index (χ2v) is 5.21. The number of carboxylic acid groups (broad SMARTS) is 1. The van der Waals surface area contributed by atoms with Crippen LogP contribution in [0.15, 0.2) is 28.8 Å². The Morgan fingerprint density at radius 3 is 2.91 bits per heavy atom. The van der Waals surface area contributed by atoms with Gasteiger partial charge in [-0.2, -0.15) is 4.98 Å². The monoisotopic (exact) mass is 303 g/mol. The van der Waals surface area contributed by atoms with Gasteiger partial charge in [0.05, 0.1) is 13.7 Å². The quantitative estimate of drug-likeness (QED) is 0.900. The largest absolute Gasteiger partial charge is 0.497 e. The summed E-state index contributed by atoms with van der Waals surface area (Å²) in [7, 11) is 1.61. The number of hydrogen-bond donors (Lipinski definition) is 1. The smallest absolute Gasteiger partial charge is 0.320 e. The third kappa shape index (κ3) is 2.94. The lowest BCUT2D eigenvalue weighted by Crippen LogP contribution is -2.35. The Bertz CT molecular complexity index is 653. The van der Waals surface area contributed by atoms with Crippen molar-refractivity contribution in [3.8, 4) is 17.2 Å². The molecule has 0 saturated carbocycles. The van der Waals surface area contributed by atoms with E-state index in [1.54, 1.807) is 7.11 Å². The SMILES string of the molecule is COc1ccc(-c2nc(CN3CCC[C@@H]3C(=O)O)no2)cc1. The third-order valence-electron chi connectivity index (χ3n) is 3.80. The first-order valence-corrected chi connectivity index (χ1v) is 7.11. The highest BCUT2D eigenvalue weighted by molar-refractivity contribution is 5.73. The van der Waals surface area contributed by atoms with Crippen LogP contribution in [-0.4, -0.2) is 45.8 Å². The van der Waals surface area contributed by atoms with Gasteiger partial charge in [0.15, 0.2) is 5.82 Å². The molecule has 1 aliphatic rings. The van der Waals surface area contributed by atoms with E-state index in [9.17, 15) is 9.90 Å². The Hall–Kier alpha value is -2.41. The number of carboxylic acids is 1. The van der Waals surface area contributed by atoms with Gasteiger partial charge in [0.1, 0.15) is 11.8 Å². The second-order valence-electron chi connectivity index (χ2n) is 5.21. The van der Waals surface area contributed by atoms with Crippen LogP contribution in [0.1, 0.15) is 18.7 Å². The maximum Gasteiger partial charge on any atom is 0.320 e. The third-order valence-corrected chi connectivity index (χ3v) is 3.80. The lowest BCUT2D eigenvalue weighted by atomic mass is 10.2. The minimum atomic E-state index is -0.795. The normalized spacial score (nSPS) is 18.5. The number of methoxy groups -OCH3 is 1. The molecule has 22 heavy (non-hydrogen) atoms. The Kier molecular flexibility index (Phi) is 4.06. The molecule has 1 fully saturated rings. The molecule has 116 valence electrons. The molecule has 1 atom stereocenters. The first kappa shape index (κ1) is 14.5. The molecule has 1 aliphatic heterocycles. The highest BCUT2D eigenvalue weighted by Gasteiger charge is 2.31. The molecule has 0 unspecified atom stereocenters. The molecule has 2 aromatic rings. The number of nitrogens with zero attached hydrogens (tertiary/aromatic N) is 3. The highest BCUT2D eigenvalue weighted by atomic mass is 16.5. The molecule has 7 nitrogen and oxygen atoms in total. The van der Waals surface area contributed by atoms with E-state index in [0.29, 0.717) is 24.7 Å². The van der Waals surface area contributed by atoms with Gasteiger partial charge in [0, 0.05) is 5.56 Å². The Morgan fingerprint density at radius 1 is 1.45 bits per heavy atom. The van der Waals surface area contributed by atoms with Gasteiger partial charge in [-0.05, 0) is 43.7 Å². The van der Waals surface area contributed by atoms with Crippen molar-refractivity contribution in [1.82, 2.24) is 15.0 Å². The van der Waals surface area contributed by atoms with Crippen LogP contribution < -0.4 is 4.74 Å². The van der Waals surface area contributed by atoms with Crippen molar-refractivity contribution in [2.24, 2.45) is 0 Å². The van der Waals surface area contributed by atoms with E-state index >= 15 is 0 Å². The number of benzene rings is 1. The molecule has 2 heterocycles. The molecular formula is C15H17N3O4. The van der Waals surface area contributed by atoms with Gasteiger partial charge in [-0.15, -0.1) is 0 Å². The summed E-state index contributed by atoms with van der Waals surface area (Å²) in [5.41, 5.74) is 0.802. The van der Waals surface area contributed by atoms with Crippen molar-refractivity contribution < 1.29 is 19.2 Å². The van der Waals surface area contributed by atoms with E-state index in [-0.39, 0.29) is 0 Å². The predicted molar refractivity (Wildman–Crippen MR) is 77.4 cm³/mol. The summed E-state index contributed by atoms with van der Waals surface area (Å²) < 4.78 is 10.4. The van der Waals surface area contributed by atoms with Crippen molar-refractivity contribution >= 4 is 5.97 Å². The van der Waals surface area contributed by atoms with Crippen molar-refractivity contribution in [2.45, 2.75) is 25.4 Å². The van der Waals surface area contributed by atoms with Crippen LogP contribution in [0.2, 0.25) is 0 Å². The zero-order valence-corrected chi connectivity index (χ0v) is 12.2. The summed E-state index contributed by atoms with van der Waals surface area (Å²) >= 11 is 0. The van der Waals surface area contributed by atoms with Crippen molar-refractivity contribution in [1.29, 1.82) is 0 Å². The molecule has 1 aromatic heterocycles. The number of hydrogen-bond acceptors (Lipinski definition) is 6.